The molecule has 70 heavy (non-hydrogen) atoms. The Bertz CT molecular complexity index is 2820. The molecule has 4 N–H and O–H groups in total. The Balaban J connectivity index is 1.34. The highest BCUT2D eigenvalue weighted by Gasteiger charge is 2.56. The van der Waals surface area contributed by atoms with Crippen LogP contribution >= 0.6 is 42.6 Å². The monoisotopic (exact) mass is 1070 g/mol. The molecule has 0 radical (unpaired) electrons. The number of rotatable bonds is 18. The molecular weight excluding hydrogens is 1010 g/mol. The van der Waals surface area contributed by atoms with Gasteiger partial charge in [-0.25, -0.2) is 14.2 Å². The highest BCUT2D eigenvalue weighted by Crippen LogP contribution is 2.56. The summed E-state index contributed by atoms with van der Waals surface area (Å²) in [4.78, 5) is 54.9. The third-order valence-corrected chi connectivity index (χ3v) is 18.7. The minimum Gasteiger partial charge on any atom is -0.497 e. The molecule has 7 rings (SSSR count). The molecule has 1 unspecified atom stereocenters. The third-order valence-electron chi connectivity index (χ3n) is 12.5. The molecule has 19 nitrogen and oxygen atoms in total. The Labute approximate surface area is 417 Å². The molecule has 0 spiro atoms. The number of phosphoric ester groups is 1. The van der Waals surface area contributed by atoms with Crippen molar-refractivity contribution in [3.05, 3.63) is 168 Å². The second kappa shape index (κ2) is 21.5. The van der Waals surface area contributed by atoms with Crippen molar-refractivity contribution in [1.29, 1.82) is 0 Å². The number of aromatic nitrogens is 4. The van der Waals surface area contributed by atoms with Gasteiger partial charge in [-0.15, -0.1) is 0 Å². The van der Waals surface area contributed by atoms with E-state index in [1.807, 2.05) is 107 Å². The van der Waals surface area contributed by atoms with Crippen LogP contribution in [0.4, 0.5) is 0 Å². The molecular formula is C46H54Cl3N4O15PSi. The first-order chi connectivity index (χ1) is 32.9. The maximum atomic E-state index is 15.3. The van der Waals surface area contributed by atoms with Crippen molar-refractivity contribution in [1.82, 2.24) is 19.1 Å². The summed E-state index contributed by atoms with van der Waals surface area (Å²) in [7, 11) is -6.55. The fraction of sp³-hybridized carbons (Fsp3) is 0.435. The standard InChI is InChI=1S/C46H54Cl3N4O15PSi/c1-44(2,3)70(5,6)68-39-38(67-69(60,64-27-45(47,48)49)63-26-32-36(56)37(57)40(65-32)52-23-21-34(54)50-42(52)58)33(66-41(39)53-24-22-35(55)51-43(53)59)25-62-46(28-13-9-7-10-14-28,29-15-11-8-12-16-29)30-17-19-31(61-4)20-18-30/h7-24,32-33,36-41,56-57H,25-27H2,1-6H3,(H,50,54,58)(H,51,55,59)/t32-,33-,36-,37-,38-,39-,40-,41-,69?/m1/s1. The van der Waals surface area contributed by atoms with Crippen LogP contribution in [-0.2, 0) is 42.4 Å². The van der Waals surface area contributed by atoms with E-state index in [2.05, 4.69) is 9.97 Å². The van der Waals surface area contributed by atoms with Crippen LogP contribution in [0.15, 0.2) is 129 Å². The van der Waals surface area contributed by atoms with Crippen molar-refractivity contribution >= 4 is 50.9 Å². The summed E-state index contributed by atoms with van der Waals surface area (Å²) in [6.45, 7) is 7.71. The Hall–Kier alpha value is -4.22. The summed E-state index contributed by atoms with van der Waals surface area (Å²) in [5.74, 6) is 0.586. The van der Waals surface area contributed by atoms with Gasteiger partial charge in [-0.2, -0.15) is 0 Å². The number of halogens is 3. The molecule has 2 aromatic heterocycles. The van der Waals surface area contributed by atoms with Crippen LogP contribution in [0.1, 0.15) is 49.9 Å². The summed E-state index contributed by atoms with van der Waals surface area (Å²) >= 11 is 18.4. The number of benzene rings is 3. The lowest BCUT2D eigenvalue weighted by Gasteiger charge is -2.41. The number of phosphoric acid groups is 1. The number of aliphatic hydroxyl groups is 2. The van der Waals surface area contributed by atoms with Crippen molar-refractivity contribution in [2.75, 3.05) is 26.9 Å². The highest BCUT2D eigenvalue weighted by molar-refractivity contribution is 7.48. The number of H-pyrrole nitrogens is 2. The molecule has 3 aromatic carbocycles. The molecule has 0 amide bonds. The largest absolute Gasteiger partial charge is 0.497 e. The van der Waals surface area contributed by atoms with Crippen molar-refractivity contribution in [3.63, 3.8) is 0 Å². The van der Waals surface area contributed by atoms with Gasteiger partial charge >= 0.3 is 19.2 Å². The van der Waals surface area contributed by atoms with E-state index in [4.69, 9.17) is 71.7 Å². The van der Waals surface area contributed by atoms with Gasteiger partial charge in [0, 0.05) is 24.5 Å². The highest BCUT2D eigenvalue weighted by atomic mass is 35.6. The minimum atomic E-state index is -5.14. The number of hydrogen-bond donors (Lipinski definition) is 4. The summed E-state index contributed by atoms with van der Waals surface area (Å²) in [6.07, 6.45) is -9.85. The smallest absolute Gasteiger partial charge is 0.475 e. The fourth-order valence-corrected chi connectivity index (χ4v) is 11.0. The zero-order chi connectivity index (χ0) is 50.8. The zero-order valence-corrected chi connectivity index (χ0v) is 43.0. The van der Waals surface area contributed by atoms with E-state index in [1.54, 1.807) is 19.2 Å². The van der Waals surface area contributed by atoms with Gasteiger partial charge in [-0.05, 0) is 47.0 Å². The fourth-order valence-electron chi connectivity index (χ4n) is 7.88. The minimum absolute atomic E-state index is 0.386. The summed E-state index contributed by atoms with van der Waals surface area (Å²) < 4.78 is 65.6. The van der Waals surface area contributed by atoms with E-state index in [9.17, 15) is 29.4 Å². The first kappa shape index (κ1) is 53.6. The molecule has 0 bridgehead atoms. The van der Waals surface area contributed by atoms with Gasteiger partial charge in [0.2, 0.25) is 3.79 Å². The number of nitrogens with one attached hydrogen (secondary N) is 2. The quantitative estimate of drug-likeness (QED) is 0.0345. The molecule has 2 aliphatic rings. The molecule has 9 atom stereocenters. The normalized spacial score (nSPS) is 24.1. The van der Waals surface area contributed by atoms with Crippen LogP contribution in [0, 0.1) is 0 Å². The predicted molar refractivity (Wildman–Crippen MR) is 261 cm³/mol. The topological polar surface area (TPSA) is 241 Å². The Morgan fingerprint density at radius 3 is 1.70 bits per heavy atom. The molecule has 378 valence electrons. The van der Waals surface area contributed by atoms with Gasteiger partial charge in [0.05, 0.1) is 20.3 Å². The predicted octanol–water partition coefficient (Wildman–Crippen LogP) is 5.91. The molecule has 5 aromatic rings. The van der Waals surface area contributed by atoms with E-state index in [1.165, 1.54) is 6.20 Å². The first-order valence-corrected chi connectivity index (χ1v) is 27.5. The lowest BCUT2D eigenvalue weighted by Crippen LogP contribution is -2.50. The lowest BCUT2D eigenvalue weighted by molar-refractivity contribution is -0.0969. The average Bonchev–Trinajstić information content (AvgIpc) is 3.78. The second-order valence-corrected chi connectivity index (χ2v) is 27.0. The average molecular weight is 1070 g/mol. The van der Waals surface area contributed by atoms with E-state index in [-0.39, 0.29) is 6.61 Å². The molecule has 0 aliphatic carbocycles. The number of aromatic amines is 2. The van der Waals surface area contributed by atoms with Crippen LogP contribution in [-0.4, -0.2) is 105 Å². The SMILES string of the molecule is COc1ccc(C(OC[C@H]2O[C@@H](n3ccc(=O)[nH]c3=O)[C@H](O[Si](C)(C)C(C)(C)C)[C@@H]2OP(=O)(OC[C@H]2O[C@@H](n3ccc(=O)[nH]c3=O)[C@H](O)[C@@H]2O)OCC(Cl)(Cl)Cl)(c2ccccc2)c2ccccc2)cc1. The second-order valence-electron chi connectivity index (χ2n) is 18.1. The van der Waals surface area contributed by atoms with Crippen molar-refractivity contribution < 1.29 is 51.7 Å². The van der Waals surface area contributed by atoms with E-state index >= 15 is 4.57 Å². The van der Waals surface area contributed by atoms with Crippen LogP contribution in [0.25, 0.3) is 0 Å². The maximum Gasteiger partial charge on any atom is 0.475 e. The van der Waals surface area contributed by atoms with Crippen molar-refractivity contribution in [2.45, 2.75) is 97.4 Å². The van der Waals surface area contributed by atoms with E-state index in [0.29, 0.717) is 22.4 Å². The zero-order valence-electron chi connectivity index (χ0n) is 38.8. The van der Waals surface area contributed by atoms with Crippen LogP contribution < -0.4 is 27.2 Å². The summed E-state index contributed by atoms with van der Waals surface area (Å²) in [5, 5.41) is 21.6. The van der Waals surface area contributed by atoms with E-state index < -0.39 is 115 Å². The number of alkyl halides is 3. The summed E-state index contributed by atoms with van der Waals surface area (Å²) in [6, 6.07) is 28.2. The number of methoxy groups -OCH3 is 1. The molecule has 24 heteroatoms. The number of ether oxygens (including phenoxy) is 4. The first-order valence-electron chi connectivity index (χ1n) is 22.0. The molecule has 0 saturated carbocycles. The number of hydrogen-bond acceptors (Lipinski definition) is 15. The molecule has 2 fully saturated rings. The molecule has 4 heterocycles. The van der Waals surface area contributed by atoms with Gasteiger partial charge in [0.15, 0.2) is 20.8 Å². The van der Waals surface area contributed by atoms with Crippen LogP contribution in [0.5, 0.6) is 5.75 Å². The van der Waals surface area contributed by atoms with Crippen LogP contribution in [0.3, 0.4) is 0 Å². The number of nitrogens with zero attached hydrogens (tertiary/aromatic N) is 2. The van der Waals surface area contributed by atoms with Gasteiger partial charge in [-0.1, -0.05) is 128 Å². The Morgan fingerprint density at radius 2 is 1.20 bits per heavy atom. The third kappa shape index (κ3) is 11.8. The van der Waals surface area contributed by atoms with Gasteiger partial charge in [-0.3, -0.25) is 42.3 Å². The summed E-state index contributed by atoms with van der Waals surface area (Å²) in [5.41, 5.74) is -2.53. The van der Waals surface area contributed by atoms with E-state index in [0.717, 1.165) is 27.5 Å². The lowest BCUT2D eigenvalue weighted by atomic mass is 9.80. The Kier molecular flexibility index (Phi) is 16.4. The van der Waals surface area contributed by atoms with Gasteiger partial charge in [0.1, 0.15) is 54.6 Å². The molecule has 2 aliphatic heterocycles. The Morgan fingerprint density at radius 1 is 0.686 bits per heavy atom. The number of aliphatic hydroxyl groups excluding tert-OH is 2. The van der Waals surface area contributed by atoms with Crippen molar-refractivity contribution in [3.8, 4) is 5.75 Å². The van der Waals surface area contributed by atoms with Gasteiger partial charge in [0.25, 0.3) is 11.1 Å². The van der Waals surface area contributed by atoms with Crippen molar-refractivity contribution in [2.24, 2.45) is 0 Å². The maximum absolute atomic E-state index is 15.3. The molecule has 2 saturated heterocycles. The van der Waals surface area contributed by atoms with Gasteiger partial charge < -0.3 is 33.6 Å². The van der Waals surface area contributed by atoms with Crippen LogP contribution in [0.2, 0.25) is 18.1 Å².